The lowest BCUT2D eigenvalue weighted by molar-refractivity contribution is -0.137. The molecule has 2 aliphatic rings. The average molecular weight is 311 g/mol. The van der Waals surface area contributed by atoms with Crippen LogP contribution in [0.4, 0.5) is 18.9 Å². The standard InChI is InChI=1S/C17H20F3NO/c1-15(2)12-7-8-16(15,3)14(13(12)22)21-11-6-4-5-10(9-11)17(18,19)20/h4-6,9,12,14,21H,7-8H2,1-3H3. The first-order valence-corrected chi connectivity index (χ1v) is 7.55. The molecule has 0 heterocycles. The maximum atomic E-state index is 12.8. The van der Waals surface area contributed by atoms with Crippen LogP contribution < -0.4 is 5.32 Å². The van der Waals surface area contributed by atoms with Crippen molar-refractivity contribution in [3.63, 3.8) is 0 Å². The lowest BCUT2D eigenvalue weighted by atomic mass is 9.69. The van der Waals surface area contributed by atoms with Gasteiger partial charge in [-0.15, -0.1) is 0 Å². The quantitative estimate of drug-likeness (QED) is 0.870. The number of halogens is 3. The van der Waals surface area contributed by atoms with Gasteiger partial charge in [0.1, 0.15) is 0 Å². The van der Waals surface area contributed by atoms with E-state index in [0.717, 1.165) is 25.0 Å². The van der Waals surface area contributed by atoms with Crippen LogP contribution in [0.3, 0.4) is 0 Å². The van der Waals surface area contributed by atoms with E-state index in [-0.39, 0.29) is 22.5 Å². The first kappa shape index (κ1) is 15.4. The zero-order valence-electron chi connectivity index (χ0n) is 12.9. The number of nitrogens with one attached hydrogen (secondary N) is 1. The molecule has 5 heteroatoms. The molecule has 22 heavy (non-hydrogen) atoms. The predicted molar refractivity (Wildman–Crippen MR) is 78.5 cm³/mol. The van der Waals surface area contributed by atoms with Crippen molar-refractivity contribution < 1.29 is 18.0 Å². The molecular weight excluding hydrogens is 291 g/mol. The topological polar surface area (TPSA) is 29.1 Å². The molecule has 0 amide bonds. The van der Waals surface area contributed by atoms with Crippen molar-refractivity contribution >= 4 is 11.5 Å². The van der Waals surface area contributed by atoms with Crippen LogP contribution in [0.15, 0.2) is 24.3 Å². The summed E-state index contributed by atoms with van der Waals surface area (Å²) in [5.74, 6) is 0.136. The fourth-order valence-corrected chi connectivity index (χ4v) is 4.24. The summed E-state index contributed by atoms with van der Waals surface area (Å²) in [6, 6.07) is 4.67. The zero-order chi connectivity index (χ0) is 16.3. The first-order chi connectivity index (χ1) is 10.1. The maximum Gasteiger partial charge on any atom is 0.416 e. The number of fused-ring (bicyclic) bond motifs is 2. The molecule has 2 nitrogen and oxygen atoms in total. The summed E-state index contributed by atoms with van der Waals surface area (Å²) < 4.78 is 38.4. The Bertz CT molecular complexity index is 623. The van der Waals surface area contributed by atoms with Crippen LogP contribution in [0.25, 0.3) is 0 Å². The second kappa shape index (κ2) is 4.49. The number of rotatable bonds is 2. The van der Waals surface area contributed by atoms with Crippen molar-refractivity contribution in [1.29, 1.82) is 0 Å². The van der Waals surface area contributed by atoms with E-state index in [2.05, 4.69) is 26.1 Å². The van der Waals surface area contributed by atoms with Crippen LogP contribution in [0, 0.1) is 16.7 Å². The van der Waals surface area contributed by atoms with Gasteiger partial charge in [0.25, 0.3) is 0 Å². The van der Waals surface area contributed by atoms with Crippen LogP contribution in [0.2, 0.25) is 0 Å². The number of hydrogen-bond donors (Lipinski definition) is 1. The summed E-state index contributed by atoms with van der Waals surface area (Å²) in [6.45, 7) is 6.26. The lowest BCUT2D eigenvalue weighted by Crippen LogP contribution is -2.43. The number of hydrogen-bond acceptors (Lipinski definition) is 2. The molecule has 2 aliphatic carbocycles. The summed E-state index contributed by atoms with van der Waals surface area (Å²) in [5.41, 5.74) is -0.679. The number of alkyl halides is 3. The van der Waals surface area contributed by atoms with Crippen molar-refractivity contribution in [1.82, 2.24) is 0 Å². The first-order valence-electron chi connectivity index (χ1n) is 7.55. The molecule has 2 fully saturated rings. The fraction of sp³-hybridized carbons (Fsp3) is 0.588. The van der Waals surface area contributed by atoms with Gasteiger partial charge in [-0.1, -0.05) is 26.8 Å². The highest BCUT2D eigenvalue weighted by Crippen LogP contribution is 2.64. The van der Waals surface area contributed by atoms with Gasteiger partial charge in [0.2, 0.25) is 0 Å². The van der Waals surface area contributed by atoms with Gasteiger partial charge in [-0.05, 0) is 36.5 Å². The Morgan fingerprint density at radius 3 is 2.45 bits per heavy atom. The minimum atomic E-state index is -4.38. The molecule has 1 aromatic rings. The van der Waals surface area contributed by atoms with Crippen LogP contribution in [0.1, 0.15) is 39.2 Å². The van der Waals surface area contributed by atoms with E-state index in [1.807, 2.05) is 0 Å². The Balaban J connectivity index is 1.90. The van der Waals surface area contributed by atoms with Gasteiger partial charge in [0, 0.05) is 17.0 Å². The number of ketones is 1. The van der Waals surface area contributed by atoms with E-state index in [4.69, 9.17) is 0 Å². The molecule has 2 bridgehead atoms. The third-order valence-electron chi connectivity index (χ3n) is 6.06. The summed E-state index contributed by atoms with van der Waals surface area (Å²) >= 11 is 0. The van der Waals surface area contributed by atoms with Crippen LogP contribution in [-0.4, -0.2) is 11.8 Å². The number of benzene rings is 1. The van der Waals surface area contributed by atoms with Gasteiger partial charge in [-0.2, -0.15) is 13.2 Å². The fourth-order valence-electron chi connectivity index (χ4n) is 4.24. The highest BCUT2D eigenvalue weighted by atomic mass is 19.4. The molecule has 3 rings (SSSR count). The Kier molecular flexibility index (Phi) is 3.14. The molecule has 0 aromatic heterocycles. The van der Waals surface area contributed by atoms with Gasteiger partial charge in [-0.25, -0.2) is 0 Å². The number of anilines is 1. The summed E-state index contributed by atoms with van der Waals surface area (Å²) in [4.78, 5) is 12.6. The van der Waals surface area contributed by atoms with Crippen molar-refractivity contribution in [3.05, 3.63) is 29.8 Å². The van der Waals surface area contributed by atoms with Crippen molar-refractivity contribution in [2.75, 3.05) is 5.32 Å². The van der Waals surface area contributed by atoms with E-state index in [1.165, 1.54) is 6.07 Å². The van der Waals surface area contributed by atoms with E-state index < -0.39 is 17.8 Å². The normalized spacial score (nSPS) is 33.3. The highest BCUT2D eigenvalue weighted by Gasteiger charge is 2.66. The van der Waals surface area contributed by atoms with Crippen LogP contribution in [0.5, 0.6) is 0 Å². The Labute approximate surface area is 128 Å². The molecule has 0 spiro atoms. The molecule has 0 saturated heterocycles. The Hall–Kier alpha value is -1.52. The number of carbonyl (C=O) groups is 1. The second-order valence-corrected chi connectivity index (χ2v) is 7.29. The van der Waals surface area contributed by atoms with Crippen molar-refractivity contribution in [2.24, 2.45) is 16.7 Å². The smallest absolute Gasteiger partial charge is 0.375 e. The van der Waals surface area contributed by atoms with Gasteiger partial charge in [-0.3, -0.25) is 4.79 Å². The second-order valence-electron chi connectivity index (χ2n) is 7.29. The summed E-state index contributed by atoms with van der Waals surface area (Å²) in [7, 11) is 0. The third-order valence-corrected chi connectivity index (χ3v) is 6.06. The number of carbonyl (C=O) groups excluding carboxylic acids is 1. The third kappa shape index (κ3) is 1.97. The minimum absolute atomic E-state index is 0.000740. The molecule has 1 aromatic carbocycles. The average Bonchev–Trinajstić information content (AvgIpc) is 2.72. The van der Waals surface area contributed by atoms with Gasteiger partial charge in [0.15, 0.2) is 5.78 Å². The molecular formula is C17H20F3NO. The van der Waals surface area contributed by atoms with E-state index in [9.17, 15) is 18.0 Å². The van der Waals surface area contributed by atoms with Gasteiger partial charge < -0.3 is 5.32 Å². The van der Waals surface area contributed by atoms with E-state index >= 15 is 0 Å². The van der Waals surface area contributed by atoms with Crippen LogP contribution in [-0.2, 0) is 11.0 Å². The minimum Gasteiger partial charge on any atom is -0.375 e. The SMILES string of the molecule is CC1(C)C2CCC1(C)C(Nc1cccc(C(F)(F)F)c1)C2=O. The zero-order valence-corrected chi connectivity index (χ0v) is 12.9. The van der Waals surface area contributed by atoms with Crippen LogP contribution >= 0.6 is 0 Å². The monoisotopic (exact) mass is 311 g/mol. The maximum absolute atomic E-state index is 12.8. The molecule has 0 radical (unpaired) electrons. The molecule has 120 valence electrons. The molecule has 3 unspecified atom stereocenters. The Morgan fingerprint density at radius 1 is 1.23 bits per heavy atom. The van der Waals surface area contributed by atoms with E-state index in [1.54, 1.807) is 6.07 Å². The van der Waals surface area contributed by atoms with Gasteiger partial charge >= 0.3 is 6.18 Å². The molecule has 2 saturated carbocycles. The summed E-state index contributed by atoms with van der Waals surface area (Å²) in [5, 5.41) is 3.08. The predicted octanol–water partition coefficient (Wildman–Crippen LogP) is 4.51. The van der Waals surface area contributed by atoms with Gasteiger partial charge in [0.05, 0.1) is 11.6 Å². The molecule has 3 atom stereocenters. The van der Waals surface area contributed by atoms with E-state index in [0.29, 0.717) is 5.69 Å². The van der Waals surface area contributed by atoms with Crippen molar-refractivity contribution in [2.45, 2.75) is 45.8 Å². The number of Topliss-reactive ketones (excluding diaryl/α,β-unsaturated/α-hetero) is 1. The Morgan fingerprint density at radius 2 is 1.91 bits per heavy atom. The largest absolute Gasteiger partial charge is 0.416 e. The lowest BCUT2D eigenvalue weighted by Gasteiger charge is -2.38. The van der Waals surface area contributed by atoms with Crippen molar-refractivity contribution in [3.8, 4) is 0 Å². The molecule has 0 aliphatic heterocycles. The molecule has 1 N–H and O–H groups in total. The highest BCUT2D eigenvalue weighted by molar-refractivity contribution is 5.94. The summed E-state index contributed by atoms with van der Waals surface area (Å²) in [6.07, 6.45) is -2.57.